The number of nitrogens with two attached hydrogens (primary N) is 2. The Bertz CT molecular complexity index is 351. The van der Waals surface area contributed by atoms with Crippen LogP contribution < -0.4 is 16.8 Å². The molecule has 0 saturated carbocycles. The van der Waals surface area contributed by atoms with Crippen LogP contribution in [0.15, 0.2) is 11.7 Å². The second kappa shape index (κ2) is 6.19. The number of thiazole rings is 1. The Morgan fingerprint density at radius 2 is 2.44 bits per heavy atom. The minimum Gasteiger partial charge on any atom is -0.388 e. The maximum atomic E-state index is 11.4. The Balaban J connectivity index is 2.22. The van der Waals surface area contributed by atoms with Crippen molar-refractivity contribution in [2.24, 2.45) is 11.5 Å². The Morgan fingerprint density at radius 1 is 1.69 bits per heavy atom. The zero-order chi connectivity index (χ0) is 12.0. The molecule has 0 saturated heterocycles. The summed E-state index contributed by atoms with van der Waals surface area (Å²) >= 11 is 1.55. The molecule has 1 amide bonds. The number of nitrogens with one attached hydrogen (secondary N) is 2. The SMILES string of the molecule is N=C(N)C[C@@H](N)C(=O)NCCc1cncs1. The van der Waals surface area contributed by atoms with Crippen LogP contribution in [0.25, 0.3) is 0 Å². The van der Waals surface area contributed by atoms with Crippen molar-refractivity contribution in [3.8, 4) is 0 Å². The number of rotatable bonds is 6. The van der Waals surface area contributed by atoms with E-state index in [2.05, 4.69) is 10.3 Å². The third kappa shape index (κ3) is 4.37. The fourth-order valence-electron chi connectivity index (χ4n) is 1.14. The highest BCUT2D eigenvalue weighted by Crippen LogP contribution is 2.04. The summed E-state index contributed by atoms with van der Waals surface area (Å²) in [6.45, 7) is 0.520. The van der Waals surface area contributed by atoms with Crippen LogP contribution in [-0.4, -0.2) is 29.3 Å². The van der Waals surface area contributed by atoms with E-state index in [9.17, 15) is 4.79 Å². The number of carbonyl (C=O) groups excluding carboxylic acids is 1. The minimum atomic E-state index is -0.737. The standard InChI is InChI=1S/C9H15N5OS/c10-7(3-8(11)12)9(15)14-2-1-6-4-13-5-16-6/h4-5,7H,1-3,10H2,(H3,11,12)(H,14,15)/t7-/m1/s1. The van der Waals surface area contributed by atoms with Gasteiger partial charge < -0.3 is 16.8 Å². The van der Waals surface area contributed by atoms with Crippen molar-refractivity contribution in [3.05, 3.63) is 16.6 Å². The van der Waals surface area contributed by atoms with E-state index >= 15 is 0 Å². The van der Waals surface area contributed by atoms with Gasteiger partial charge in [0.15, 0.2) is 0 Å². The summed E-state index contributed by atoms with van der Waals surface area (Å²) in [5, 5.41) is 9.71. The second-order valence-electron chi connectivity index (χ2n) is 3.34. The topological polar surface area (TPSA) is 118 Å². The number of hydrogen-bond donors (Lipinski definition) is 4. The van der Waals surface area contributed by atoms with E-state index in [0.29, 0.717) is 6.54 Å². The summed E-state index contributed by atoms with van der Waals surface area (Å²) in [6, 6.07) is -0.737. The van der Waals surface area contributed by atoms with E-state index in [1.165, 1.54) is 0 Å². The number of aromatic nitrogens is 1. The molecule has 88 valence electrons. The Morgan fingerprint density at radius 3 is 3.00 bits per heavy atom. The summed E-state index contributed by atoms with van der Waals surface area (Å²) in [4.78, 5) is 16.4. The minimum absolute atomic E-state index is 0.0786. The molecule has 0 aromatic carbocycles. The maximum absolute atomic E-state index is 11.4. The lowest BCUT2D eigenvalue weighted by molar-refractivity contribution is -0.122. The number of amidine groups is 1. The summed E-state index contributed by atoms with van der Waals surface area (Å²) in [5.41, 5.74) is 12.4. The molecule has 1 rings (SSSR count). The highest BCUT2D eigenvalue weighted by Gasteiger charge is 2.13. The van der Waals surface area contributed by atoms with Crippen LogP contribution in [0.5, 0.6) is 0 Å². The van der Waals surface area contributed by atoms with Gasteiger partial charge in [-0.2, -0.15) is 0 Å². The Hall–Kier alpha value is -1.47. The van der Waals surface area contributed by atoms with Gasteiger partial charge in [-0.15, -0.1) is 11.3 Å². The predicted octanol–water partition coefficient (Wildman–Crippen LogP) is -0.545. The van der Waals surface area contributed by atoms with Crippen LogP contribution in [0.3, 0.4) is 0 Å². The van der Waals surface area contributed by atoms with Crippen LogP contribution >= 0.6 is 11.3 Å². The van der Waals surface area contributed by atoms with Gasteiger partial charge in [0.05, 0.1) is 17.4 Å². The van der Waals surface area contributed by atoms with Gasteiger partial charge in [-0.25, -0.2) is 0 Å². The quantitative estimate of drug-likeness (QED) is 0.395. The van der Waals surface area contributed by atoms with Gasteiger partial charge in [0, 0.05) is 30.5 Å². The molecule has 6 nitrogen and oxygen atoms in total. The van der Waals surface area contributed by atoms with E-state index in [0.717, 1.165) is 11.3 Å². The van der Waals surface area contributed by atoms with Gasteiger partial charge in [0.2, 0.25) is 5.91 Å². The highest BCUT2D eigenvalue weighted by molar-refractivity contribution is 7.09. The van der Waals surface area contributed by atoms with Crippen LogP contribution in [-0.2, 0) is 11.2 Å². The maximum Gasteiger partial charge on any atom is 0.237 e. The number of hydrogen-bond acceptors (Lipinski definition) is 5. The fourth-order valence-corrected chi connectivity index (χ4v) is 1.73. The number of amides is 1. The largest absolute Gasteiger partial charge is 0.388 e. The van der Waals surface area contributed by atoms with Gasteiger partial charge in [-0.3, -0.25) is 15.2 Å². The third-order valence-corrected chi connectivity index (χ3v) is 2.77. The lowest BCUT2D eigenvalue weighted by atomic mass is 10.2. The summed E-state index contributed by atoms with van der Waals surface area (Å²) < 4.78 is 0. The molecule has 0 spiro atoms. The lowest BCUT2D eigenvalue weighted by Crippen LogP contribution is -2.43. The van der Waals surface area contributed by atoms with Crippen molar-refractivity contribution < 1.29 is 4.79 Å². The molecular weight excluding hydrogens is 226 g/mol. The molecule has 7 heteroatoms. The van der Waals surface area contributed by atoms with Crippen LogP contribution in [0, 0.1) is 5.41 Å². The van der Waals surface area contributed by atoms with Gasteiger partial charge in [0.1, 0.15) is 0 Å². The third-order valence-electron chi connectivity index (χ3n) is 1.93. The first kappa shape index (κ1) is 12.6. The van der Waals surface area contributed by atoms with E-state index in [4.69, 9.17) is 16.9 Å². The van der Waals surface area contributed by atoms with Crippen molar-refractivity contribution in [2.45, 2.75) is 18.9 Å². The van der Waals surface area contributed by atoms with Crippen molar-refractivity contribution in [1.29, 1.82) is 5.41 Å². The van der Waals surface area contributed by atoms with Crippen LogP contribution in [0.1, 0.15) is 11.3 Å². The van der Waals surface area contributed by atoms with Crippen LogP contribution in [0.2, 0.25) is 0 Å². The normalized spacial score (nSPS) is 12.1. The molecule has 6 N–H and O–H groups in total. The van der Waals surface area contributed by atoms with Gasteiger partial charge in [-0.05, 0) is 0 Å². The number of nitrogens with zero attached hydrogens (tertiary/aromatic N) is 1. The highest BCUT2D eigenvalue weighted by atomic mass is 32.1. The molecule has 0 aliphatic carbocycles. The zero-order valence-electron chi connectivity index (χ0n) is 8.77. The average Bonchev–Trinajstić information content (AvgIpc) is 2.69. The van der Waals surface area contributed by atoms with Crippen molar-refractivity contribution in [2.75, 3.05) is 6.54 Å². The smallest absolute Gasteiger partial charge is 0.237 e. The molecule has 0 aliphatic heterocycles. The molecule has 16 heavy (non-hydrogen) atoms. The fraction of sp³-hybridized carbons (Fsp3) is 0.444. The van der Waals surface area contributed by atoms with Crippen molar-refractivity contribution in [1.82, 2.24) is 10.3 Å². The van der Waals surface area contributed by atoms with E-state index < -0.39 is 6.04 Å². The van der Waals surface area contributed by atoms with Gasteiger partial charge in [0.25, 0.3) is 0 Å². The Kier molecular flexibility index (Phi) is 4.87. The van der Waals surface area contributed by atoms with Gasteiger partial charge >= 0.3 is 0 Å². The number of carbonyl (C=O) groups is 1. The first-order valence-electron chi connectivity index (χ1n) is 4.83. The summed E-state index contributed by atoms with van der Waals surface area (Å²) in [6.07, 6.45) is 2.60. The summed E-state index contributed by atoms with van der Waals surface area (Å²) in [5.74, 6) is -0.357. The molecule has 1 atom stereocenters. The van der Waals surface area contributed by atoms with E-state index in [-0.39, 0.29) is 18.2 Å². The van der Waals surface area contributed by atoms with Crippen molar-refractivity contribution in [3.63, 3.8) is 0 Å². The zero-order valence-corrected chi connectivity index (χ0v) is 9.59. The monoisotopic (exact) mass is 241 g/mol. The first-order valence-corrected chi connectivity index (χ1v) is 5.71. The van der Waals surface area contributed by atoms with E-state index in [1.807, 2.05) is 0 Å². The predicted molar refractivity (Wildman–Crippen MR) is 63.3 cm³/mol. The Labute approximate surface area is 97.6 Å². The molecule has 0 unspecified atom stereocenters. The van der Waals surface area contributed by atoms with Crippen molar-refractivity contribution >= 4 is 23.1 Å². The lowest BCUT2D eigenvalue weighted by Gasteiger charge is -2.10. The molecule has 1 heterocycles. The molecule has 0 radical (unpaired) electrons. The first-order chi connectivity index (χ1) is 7.59. The molecule has 0 bridgehead atoms. The van der Waals surface area contributed by atoms with Crippen LogP contribution in [0.4, 0.5) is 0 Å². The summed E-state index contributed by atoms with van der Waals surface area (Å²) in [7, 11) is 0. The molecule has 1 aromatic heterocycles. The molecule has 0 aliphatic rings. The molecule has 0 fully saturated rings. The second-order valence-corrected chi connectivity index (χ2v) is 4.32. The molecular formula is C9H15N5OS. The average molecular weight is 241 g/mol. The molecule has 1 aromatic rings. The van der Waals surface area contributed by atoms with Gasteiger partial charge in [-0.1, -0.05) is 0 Å². The van der Waals surface area contributed by atoms with E-state index in [1.54, 1.807) is 23.0 Å².